The van der Waals surface area contributed by atoms with Gasteiger partial charge in [0.2, 0.25) is 5.78 Å². The molecule has 3 aliphatic rings. The number of ether oxygens (including phenoxy) is 1. The van der Waals surface area contributed by atoms with Crippen LogP contribution in [0.3, 0.4) is 0 Å². The van der Waals surface area contributed by atoms with Crippen molar-refractivity contribution >= 4 is 29.3 Å². The number of hydrogen-bond donors (Lipinski definition) is 6. The summed E-state index contributed by atoms with van der Waals surface area (Å²) >= 11 is 0. The van der Waals surface area contributed by atoms with Crippen molar-refractivity contribution in [3.8, 4) is 22.6 Å². The minimum Gasteiger partial charge on any atom is -0.508 e. The summed E-state index contributed by atoms with van der Waals surface area (Å²) in [6.07, 6.45) is -0.804. The van der Waals surface area contributed by atoms with Crippen LogP contribution in [0.2, 0.25) is 0 Å². The monoisotopic (exact) mass is 520 g/mol. The number of benzene rings is 2. The molecule has 1 fully saturated rings. The highest BCUT2D eigenvalue weighted by molar-refractivity contribution is 6.22. The Morgan fingerprint density at radius 3 is 2.37 bits per heavy atom. The Hall–Kier alpha value is -4.64. The number of nitrogens with one attached hydrogen (secondary N) is 1. The number of fused-ring (bicyclic) bond motifs is 3. The van der Waals surface area contributed by atoms with Crippen molar-refractivity contribution in [3.63, 3.8) is 0 Å². The Kier molecular flexibility index (Phi) is 5.75. The van der Waals surface area contributed by atoms with Crippen molar-refractivity contribution in [2.24, 2.45) is 17.6 Å². The summed E-state index contributed by atoms with van der Waals surface area (Å²) in [5.41, 5.74) is 3.42. The standard InChI is InChI=1S/C27H24N2O9/c1-29-26(36)38-14-4-2-11(3-5-14)15-6-7-17(30)20-16(15)9-12-8-13-10-18(31)21(25(28)35)24(34)27(13,37)23(33)19(12)22(20)32/h2-7,12-13,30,32,34,37H,8-10H2,1H3,(H2,28,35)(H,29,36). The minimum atomic E-state index is -2.61. The lowest BCUT2D eigenvalue weighted by Crippen LogP contribution is -2.58. The molecule has 2 aromatic rings. The maximum Gasteiger partial charge on any atom is 0.412 e. The molecular weight excluding hydrogens is 496 g/mol. The van der Waals surface area contributed by atoms with Gasteiger partial charge in [-0.05, 0) is 53.6 Å². The van der Waals surface area contributed by atoms with E-state index in [2.05, 4.69) is 5.32 Å². The van der Waals surface area contributed by atoms with Crippen molar-refractivity contribution in [1.82, 2.24) is 5.32 Å². The van der Waals surface area contributed by atoms with E-state index in [1.807, 2.05) is 0 Å². The average Bonchev–Trinajstić information content (AvgIpc) is 2.86. The first-order valence-corrected chi connectivity index (χ1v) is 11.8. The van der Waals surface area contributed by atoms with E-state index in [1.54, 1.807) is 30.3 Å². The molecule has 3 unspecified atom stereocenters. The molecule has 38 heavy (non-hydrogen) atoms. The second-order valence-corrected chi connectivity index (χ2v) is 9.56. The van der Waals surface area contributed by atoms with Crippen LogP contribution < -0.4 is 15.8 Å². The van der Waals surface area contributed by atoms with Crippen LogP contribution >= 0.6 is 0 Å². The summed E-state index contributed by atoms with van der Waals surface area (Å²) in [6, 6.07) is 9.56. The molecule has 7 N–H and O–H groups in total. The van der Waals surface area contributed by atoms with E-state index in [9.17, 15) is 39.6 Å². The van der Waals surface area contributed by atoms with Crippen LogP contribution in [-0.2, 0) is 20.8 Å². The van der Waals surface area contributed by atoms with Gasteiger partial charge >= 0.3 is 6.09 Å². The third kappa shape index (κ3) is 3.54. The maximum atomic E-state index is 13.6. The fraction of sp³-hybridized carbons (Fsp3) is 0.259. The highest BCUT2D eigenvalue weighted by Gasteiger charge is 2.60. The normalized spacial score (nSPS) is 24.4. The summed E-state index contributed by atoms with van der Waals surface area (Å²) in [5, 5.41) is 46.2. The van der Waals surface area contributed by atoms with Gasteiger partial charge in [0.05, 0.1) is 5.56 Å². The molecule has 0 aromatic heterocycles. The van der Waals surface area contributed by atoms with Crippen molar-refractivity contribution < 1.29 is 44.3 Å². The molecule has 0 heterocycles. The molecule has 2 amide bonds. The van der Waals surface area contributed by atoms with Crippen molar-refractivity contribution in [3.05, 3.63) is 64.4 Å². The lowest BCUT2D eigenvalue weighted by molar-refractivity contribution is -0.147. The molecule has 3 atom stereocenters. The molecule has 0 aliphatic heterocycles. The van der Waals surface area contributed by atoms with Gasteiger partial charge in [0, 0.05) is 25.0 Å². The molecule has 0 bridgehead atoms. The number of carbonyl (C=O) groups excluding carboxylic acids is 4. The van der Waals surface area contributed by atoms with Crippen molar-refractivity contribution in [2.45, 2.75) is 24.9 Å². The number of hydrogen-bond acceptors (Lipinski definition) is 9. The number of phenols is 1. The molecule has 2 aromatic carbocycles. The third-order valence-corrected chi connectivity index (χ3v) is 7.53. The Balaban J connectivity index is 1.61. The summed E-state index contributed by atoms with van der Waals surface area (Å²) in [7, 11) is 1.43. The van der Waals surface area contributed by atoms with Gasteiger partial charge < -0.3 is 36.2 Å². The maximum absolute atomic E-state index is 13.6. The third-order valence-electron chi connectivity index (χ3n) is 7.53. The zero-order valence-corrected chi connectivity index (χ0v) is 20.1. The van der Waals surface area contributed by atoms with Crippen LogP contribution in [0.4, 0.5) is 4.79 Å². The molecule has 0 radical (unpaired) electrons. The second kappa shape index (κ2) is 8.73. The van der Waals surface area contributed by atoms with Gasteiger partial charge in [-0.25, -0.2) is 4.79 Å². The first-order chi connectivity index (χ1) is 18.0. The Morgan fingerprint density at radius 1 is 1.05 bits per heavy atom. The smallest absolute Gasteiger partial charge is 0.412 e. The Morgan fingerprint density at radius 2 is 1.74 bits per heavy atom. The summed E-state index contributed by atoms with van der Waals surface area (Å²) < 4.78 is 5.11. The van der Waals surface area contributed by atoms with E-state index in [-0.39, 0.29) is 36.1 Å². The van der Waals surface area contributed by atoms with Crippen molar-refractivity contribution in [2.75, 3.05) is 7.05 Å². The van der Waals surface area contributed by atoms with E-state index in [1.165, 1.54) is 13.1 Å². The lowest BCUT2D eigenvalue weighted by Gasteiger charge is -2.46. The number of amides is 2. The van der Waals surface area contributed by atoms with Crippen LogP contribution in [0.1, 0.15) is 24.0 Å². The van der Waals surface area contributed by atoms with Gasteiger partial charge in [0.15, 0.2) is 11.4 Å². The molecule has 11 nitrogen and oxygen atoms in total. The van der Waals surface area contributed by atoms with Crippen LogP contribution in [0.15, 0.2) is 53.3 Å². The quantitative estimate of drug-likeness (QED) is 0.327. The van der Waals surface area contributed by atoms with Crippen LogP contribution in [-0.4, -0.2) is 56.6 Å². The lowest BCUT2D eigenvalue weighted by atomic mass is 9.59. The zero-order valence-electron chi connectivity index (χ0n) is 20.1. The summed E-state index contributed by atoms with van der Waals surface area (Å²) in [5.74, 6) is -6.46. The second-order valence-electron chi connectivity index (χ2n) is 9.56. The molecule has 1 saturated carbocycles. The Labute approximate surface area is 215 Å². The number of carbonyl (C=O) groups is 4. The number of rotatable bonds is 3. The highest BCUT2D eigenvalue weighted by atomic mass is 16.5. The predicted molar refractivity (Wildman–Crippen MR) is 132 cm³/mol. The molecule has 0 saturated heterocycles. The van der Waals surface area contributed by atoms with Crippen LogP contribution in [0.5, 0.6) is 11.5 Å². The van der Waals surface area contributed by atoms with Crippen LogP contribution in [0, 0.1) is 11.8 Å². The number of aliphatic hydroxyl groups excluding tert-OH is 2. The number of ketones is 2. The van der Waals surface area contributed by atoms with E-state index >= 15 is 0 Å². The molecule has 3 aliphatic carbocycles. The number of primary amides is 1. The van der Waals surface area contributed by atoms with Gasteiger partial charge in [-0.1, -0.05) is 18.2 Å². The first kappa shape index (κ1) is 25.0. The molecule has 196 valence electrons. The largest absolute Gasteiger partial charge is 0.508 e. The zero-order chi connectivity index (χ0) is 27.5. The van der Waals surface area contributed by atoms with Gasteiger partial charge in [-0.15, -0.1) is 0 Å². The van der Waals surface area contributed by atoms with E-state index in [4.69, 9.17) is 10.5 Å². The van der Waals surface area contributed by atoms with E-state index in [0.717, 1.165) is 0 Å². The fourth-order valence-electron chi connectivity index (χ4n) is 5.75. The first-order valence-electron chi connectivity index (χ1n) is 11.8. The number of Topliss-reactive ketones (excluding diaryl/α,β-unsaturated/α-hetero) is 2. The fourth-order valence-corrected chi connectivity index (χ4v) is 5.75. The SMILES string of the molecule is CNC(=O)Oc1ccc(-c2ccc(O)c3c2CC2CC4CC(=O)C(C(N)=O)=C(O)C4(O)C(=O)C2=C3O)cc1. The Bertz CT molecular complexity index is 1490. The topological polar surface area (TPSA) is 196 Å². The molecule has 5 rings (SSSR count). The predicted octanol–water partition coefficient (Wildman–Crippen LogP) is 1.81. The number of aromatic hydroxyl groups is 1. The molecular formula is C27H24N2O9. The van der Waals surface area contributed by atoms with E-state index in [0.29, 0.717) is 22.4 Å². The molecule has 11 heteroatoms. The van der Waals surface area contributed by atoms with Crippen LogP contribution in [0.25, 0.3) is 16.9 Å². The van der Waals surface area contributed by atoms with Gasteiger partial charge in [-0.3, -0.25) is 14.4 Å². The average molecular weight is 520 g/mol. The van der Waals surface area contributed by atoms with Gasteiger partial charge in [0.1, 0.15) is 28.6 Å². The highest BCUT2D eigenvalue weighted by Crippen LogP contribution is 2.53. The summed E-state index contributed by atoms with van der Waals surface area (Å²) in [4.78, 5) is 49.3. The molecule has 0 spiro atoms. The summed E-state index contributed by atoms with van der Waals surface area (Å²) in [6.45, 7) is 0. The minimum absolute atomic E-state index is 0.000294. The number of nitrogens with two attached hydrogens (primary N) is 1. The van der Waals surface area contributed by atoms with Crippen molar-refractivity contribution in [1.29, 1.82) is 0 Å². The van der Waals surface area contributed by atoms with Gasteiger partial charge in [-0.2, -0.15) is 0 Å². The number of aliphatic hydroxyl groups is 3. The van der Waals surface area contributed by atoms with E-state index < -0.39 is 58.1 Å². The van der Waals surface area contributed by atoms with Gasteiger partial charge in [0.25, 0.3) is 5.91 Å². The number of phenolic OH excluding ortho intramolecular Hbond substituents is 1.